The van der Waals surface area contributed by atoms with Gasteiger partial charge in [0.05, 0.1) is 5.69 Å². The van der Waals surface area contributed by atoms with Crippen LogP contribution in [0.5, 0.6) is 0 Å². The Morgan fingerprint density at radius 2 is 2.12 bits per heavy atom. The standard InChI is InChI=1S/C14H25N3/c1-4-6-10-17(12(3)5-2)11-13-8-7-9-14(15)16-13/h7-9,12H,4-6,10-11H2,1-3H3,(H2,15,16). The maximum Gasteiger partial charge on any atom is 0.123 e. The number of nitrogen functional groups attached to an aromatic ring is 1. The molecule has 17 heavy (non-hydrogen) atoms. The molecule has 0 aromatic carbocycles. The SMILES string of the molecule is CCCCN(Cc1cccc(N)n1)C(C)CC. The molecule has 0 fully saturated rings. The van der Waals surface area contributed by atoms with Crippen LogP contribution in [0.15, 0.2) is 18.2 Å². The van der Waals surface area contributed by atoms with Crippen molar-refractivity contribution in [3.63, 3.8) is 0 Å². The number of rotatable bonds is 7. The van der Waals surface area contributed by atoms with Gasteiger partial charge in [-0.25, -0.2) is 4.98 Å². The lowest BCUT2D eigenvalue weighted by atomic mass is 10.2. The van der Waals surface area contributed by atoms with Crippen LogP contribution in [0.4, 0.5) is 5.82 Å². The number of anilines is 1. The molecule has 1 aromatic heterocycles. The Balaban J connectivity index is 2.64. The van der Waals surface area contributed by atoms with Gasteiger partial charge in [-0.1, -0.05) is 26.3 Å². The fraction of sp³-hybridized carbons (Fsp3) is 0.643. The molecular formula is C14H25N3. The van der Waals surface area contributed by atoms with Gasteiger partial charge in [-0.15, -0.1) is 0 Å². The summed E-state index contributed by atoms with van der Waals surface area (Å²) in [6, 6.07) is 6.47. The summed E-state index contributed by atoms with van der Waals surface area (Å²) >= 11 is 0. The number of hydrogen-bond acceptors (Lipinski definition) is 3. The highest BCUT2D eigenvalue weighted by atomic mass is 15.2. The summed E-state index contributed by atoms with van der Waals surface area (Å²) < 4.78 is 0. The largest absolute Gasteiger partial charge is 0.384 e. The van der Waals surface area contributed by atoms with Gasteiger partial charge in [0.25, 0.3) is 0 Å². The lowest BCUT2D eigenvalue weighted by molar-refractivity contribution is 0.190. The van der Waals surface area contributed by atoms with Crippen molar-refractivity contribution in [2.45, 2.75) is 52.6 Å². The van der Waals surface area contributed by atoms with Gasteiger partial charge in [0.2, 0.25) is 0 Å². The van der Waals surface area contributed by atoms with E-state index in [-0.39, 0.29) is 0 Å². The van der Waals surface area contributed by atoms with Gasteiger partial charge in [0, 0.05) is 12.6 Å². The third kappa shape index (κ3) is 4.73. The molecule has 1 atom stereocenters. The Kier molecular flexibility index (Phi) is 5.98. The Labute approximate surface area is 105 Å². The van der Waals surface area contributed by atoms with E-state index < -0.39 is 0 Å². The first-order valence-electron chi connectivity index (χ1n) is 6.62. The topological polar surface area (TPSA) is 42.1 Å². The van der Waals surface area contributed by atoms with E-state index in [1.54, 1.807) is 0 Å². The third-order valence-electron chi connectivity index (χ3n) is 3.21. The van der Waals surface area contributed by atoms with Gasteiger partial charge in [-0.05, 0) is 38.4 Å². The van der Waals surface area contributed by atoms with Crippen molar-refractivity contribution in [1.82, 2.24) is 9.88 Å². The van der Waals surface area contributed by atoms with E-state index in [2.05, 4.69) is 36.7 Å². The molecule has 0 aliphatic heterocycles. The minimum absolute atomic E-state index is 0.602. The zero-order chi connectivity index (χ0) is 12.7. The normalized spacial score (nSPS) is 12.9. The predicted molar refractivity (Wildman–Crippen MR) is 73.7 cm³/mol. The maximum atomic E-state index is 5.71. The van der Waals surface area contributed by atoms with E-state index in [0.29, 0.717) is 11.9 Å². The van der Waals surface area contributed by atoms with E-state index in [1.165, 1.54) is 19.3 Å². The summed E-state index contributed by atoms with van der Waals surface area (Å²) in [6.07, 6.45) is 3.65. The van der Waals surface area contributed by atoms with Crippen LogP contribution in [0, 0.1) is 0 Å². The monoisotopic (exact) mass is 235 g/mol. The molecule has 96 valence electrons. The molecule has 2 N–H and O–H groups in total. The molecule has 0 radical (unpaired) electrons. The van der Waals surface area contributed by atoms with Gasteiger partial charge in [-0.2, -0.15) is 0 Å². The minimum atomic E-state index is 0.602. The number of aromatic nitrogens is 1. The van der Waals surface area contributed by atoms with Crippen LogP contribution in [0.2, 0.25) is 0 Å². The number of pyridine rings is 1. The van der Waals surface area contributed by atoms with Crippen molar-refractivity contribution in [2.75, 3.05) is 12.3 Å². The van der Waals surface area contributed by atoms with Crippen molar-refractivity contribution in [1.29, 1.82) is 0 Å². The summed E-state index contributed by atoms with van der Waals surface area (Å²) in [5.41, 5.74) is 6.78. The Morgan fingerprint density at radius 1 is 1.35 bits per heavy atom. The van der Waals surface area contributed by atoms with Crippen LogP contribution >= 0.6 is 0 Å². The van der Waals surface area contributed by atoms with Crippen molar-refractivity contribution in [3.8, 4) is 0 Å². The molecule has 1 heterocycles. The lowest BCUT2D eigenvalue weighted by Gasteiger charge is -2.28. The van der Waals surface area contributed by atoms with E-state index in [4.69, 9.17) is 5.73 Å². The second-order valence-electron chi connectivity index (χ2n) is 4.64. The quantitative estimate of drug-likeness (QED) is 0.789. The molecule has 0 saturated heterocycles. The predicted octanol–water partition coefficient (Wildman–Crippen LogP) is 3.06. The summed E-state index contributed by atoms with van der Waals surface area (Å²) in [5, 5.41) is 0. The summed E-state index contributed by atoms with van der Waals surface area (Å²) in [4.78, 5) is 6.87. The first-order chi connectivity index (χ1) is 8.17. The molecular weight excluding hydrogens is 210 g/mol. The molecule has 3 heteroatoms. The molecule has 0 aliphatic rings. The minimum Gasteiger partial charge on any atom is -0.384 e. The van der Waals surface area contributed by atoms with Gasteiger partial charge < -0.3 is 5.73 Å². The zero-order valence-corrected chi connectivity index (χ0v) is 11.3. The number of hydrogen-bond donors (Lipinski definition) is 1. The highest BCUT2D eigenvalue weighted by Crippen LogP contribution is 2.11. The molecule has 0 spiro atoms. The summed E-state index contributed by atoms with van der Waals surface area (Å²) in [6.45, 7) is 8.79. The van der Waals surface area contributed by atoms with Gasteiger partial charge in [-0.3, -0.25) is 4.90 Å². The average molecular weight is 235 g/mol. The van der Waals surface area contributed by atoms with Crippen molar-refractivity contribution in [2.24, 2.45) is 0 Å². The van der Waals surface area contributed by atoms with Gasteiger partial charge in [0.1, 0.15) is 5.82 Å². The highest BCUT2D eigenvalue weighted by Gasteiger charge is 2.12. The number of nitrogens with zero attached hydrogens (tertiary/aromatic N) is 2. The van der Waals surface area contributed by atoms with E-state index in [9.17, 15) is 0 Å². The average Bonchev–Trinajstić information content (AvgIpc) is 2.33. The highest BCUT2D eigenvalue weighted by molar-refractivity contribution is 5.28. The second-order valence-corrected chi connectivity index (χ2v) is 4.64. The van der Waals surface area contributed by atoms with E-state index >= 15 is 0 Å². The summed E-state index contributed by atoms with van der Waals surface area (Å²) in [7, 11) is 0. The lowest BCUT2D eigenvalue weighted by Crippen LogP contribution is -2.33. The molecule has 1 rings (SSSR count). The molecule has 1 unspecified atom stereocenters. The molecule has 1 aromatic rings. The van der Waals surface area contributed by atoms with Gasteiger partial charge in [0.15, 0.2) is 0 Å². The maximum absolute atomic E-state index is 5.71. The molecule has 0 amide bonds. The van der Waals surface area contributed by atoms with Crippen molar-refractivity contribution >= 4 is 5.82 Å². The Morgan fingerprint density at radius 3 is 2.71 bits per heavy atom. The summed E-state index contributed by atoms with van der Waals surface area (Å²) in [5.74, 6) is 0.613. The fourth-order valence-electron chi connectivity index (χ4n) is 1.87. The zero-order valence-electron chi connectivity index (χ0n) is 11.3. The smallest absolute Gasteiger partial charge is 0.123 e. The first kappa shape index (κ1) is 14.0. The number of nitrogens with two attached hydrogens (primary N) is 1. The van der Waals surface area contributed by atoms with Crippen LogP contribution < -0.4 is 5.73 Å². The van der Waals surface area contributed by atoms with Crippen molar-refractivity contribution < 1.29 is 0 Å². The number of unbranched alkanes of at least 4 members (excludes halogenated alkanes) is 1. The second kappa shape index (κ2) is 7.28. The van der Waals surface area contributed by atoms with Gasteiger partial charge >= 0.3 is 0 Å². The molecule has 0 aliphatic carbocycles. The molecule has 3 nitrogen and oxygen atoms in total. The van der Waals surface area contributed by atoms with Crippen molar-refractivity contribution in [3.05, 3.63) is 23.9 Å². The van der Waals surface area contributed by atoms with Crippen LogP contribution in [-0.4, -0.2) is 22.5 Å². The van der Waals surface area contributed by atoms with Crippen LogP contribution in [0.25, 0.3) is 0 Å². The Hall–Kier alpha value is -1.09. The van der Waals surface area contributed by atoms with E-state index in [1.807, 2.05) is 12.1 Å². The fourth-order valence-corrected chi connectivity index (χ4v) is 1.87. The third-order valence-corrected chi connectivity index (χ3v) is 3.21. The van der Waals surface area contributed by atoms with E-state index in [0.717, 1.165) is 18.8 Å². The van der Waals surface area contributed by atoms with Crippen LogP contribution in [0.3, 0.4) is 0 Å². The Bertz CT molecular complexity index is 325. The first-order valence-corrected chi connectivity index (χ1v) is 6.62. The van der Waals surface area contributed by atoms with Crippen LogP contribution in [-0.2, 0) is 6.54 Å². The van der Waals surface area contributed by atoms with Crippen LogP contribution in [0.1, 0.15) is 45.7 Å². The molecule has 0 saturated carbocycles. The molecule has 0 bridgehead atoms.